The normalized spacial score (nSPS) is 12.6. The summed E-state index contributed by atoms with van der Waals surface area (Å²) in [7, 11) is 0. The Labute approximate surface area is 91.3 Å². The van der Waals surface area contributed by atoms with Crippen molar-refractivity contribution in [2.24, 2.45) is 5.73 Å². The highest BCUT2D eigenvalue weighted by Crippen LogP contribution is 2.20. The number of aromatic nitrogens is 2. The van der Waals surface area contributed by atoms with Crippen LogP contribution in [0.1, 0.15) is 12.0 Å². The van der Waals surface area contributed by atoms with Crippen LogP contribution in [0.15, 0.2) is 28.8 Å². The number of nitrogens with two attached hydrogens (primary N) is 1. The maximum atomic E-state index is 9.37. The summed E-state index contributed by atoms with van der Waals surface area (Å²) < 4.78 is 4.85. The van der Waals surface area contributed by atoms with Crippen molar-refractivity contribution in [2.75, 3.05) is 6.54 Å². The minimum atomic E-state index is -0.946. The first-order valence-corrected chi connectivity index (χ1v) is 4.72. The zero-order valence-corrected chi connectivity index (χ0v) is 8.37. The summed E-state index contributed by atoms with van der Waals surface area (Å²) in [6.07, 6.45) is -0.946. The van der Waals surface area contributed by atoms with Gasteiger partial charge in [0.15, 0.2) is 0 Å². The average Bonchev–Trinajstić information content (AvgIpc) is 2.78. The lowest BCUT2D eigenvalue weighted by Crippen LogP contribution is -2.11. The number of hydrogen-bond acceptors (Lipinski definition) is 6. The van der Waals surface area contributed by atoms with Crippen molar-refractivity contribution >= 4 is 0 Å². The van der Waals surface area contributed by atoms with Crippen LogP contribution < -0.4 is 5.73 Å². The molecule has 16 heavy (non-hydrogen) atoms. The van der Waals surface area contributed by atoms with Crippen molar-refractivity contribution in [1.29, 1.82) is 0 Å². The van der Waals surface area contributed by atoms with Gasteiger partial charge in [0.05, 0.1) is 0 Å². The Morgan fingerprint density at radius 3 is 2.62 bits per heavy atom. The third-order valence-corrected chi connectivity index (χ3v) is 2.08. The molecule has 1 aromatic heterocycles. The predicted octanol–water partition coefficient (Wildman–Crippen LogP) is 0.434. The molecule has 0 fully saturated rings. The highest BCUT2D eigenvalue weighted by molar-refractivity contribution is 5.55. The number of rotatable bonds is 3. The van der Waals surface area contributed by atoms with Gasteiger partial charge in [-0.05, 0) is 24.3 Å². The molecule has 0 aliphatic carbocycles. The molecular weight excluding hydrogens is 210 g/mol. The molecule has 1 aromatic carbocycles. The minimum absolute atomic E-state index is 0.0250. The van der Waals surface area contributed by atoms with Crippen LogP contribution in [0.4, 0.5) is 0 Å². The summed E-state index contributed by atoms with van der Waals surface area (Å²) in [6, 6.07) is 6.34. The Kier molecular flexibility index (Phi) is 2.84. The third kappa shape index (κ3) is 2.02. The number of aliphatic hydroxyl groups is 1. The topological polar surface area (TPSA) is 105 Å². The van der Waals surface area contributed by atoms with Crippen molar-refractivity contribution < 1.29 is 14.7 Å². The summed E-state index contributed by atoms with van der Waals surface area (Å²) in [5.41, 5.74) is 5.95. The van der Waals surface area contributed by atoms with Crippen molar-refractivity contribution in [3.8, 4) is 17.1 Å². The molecule has 6 heteroatoms. The molecule has 0 saturated heterocycles. The van der Waals surface area contributed by atoms with Crippen molar-refractivity contribution in [3.63, 3.8) is 0 Å². The molecule has 1 atom stereocenters. The minimum Gasteiger partial charge on any atom is -0.508 e. The lowest BCUT2D eigenvalue weighted by atomic mass is 10.2. The van der Waals surface area contributed by atoms with E-state index in [1.807, 2.05) is 0 Å². The van der Waals surface area contributed by atoms with Gasteiger partial charge in [0.25, 0.3) is 5.89 Å². The second kappa shape index (κ2) is 4.30. The van der Waals surface area contributed by atoms with E-state index in [4.69, 9.17) is 15.4 Å². The van der Waals surface area contributed by atoms with Gasteiger partial charge < -0.3 is 20.5 Å². The monoisotopic (exact) mass is 221 g/mol. The van der Waals surface area contributed by atoms with E-state index in [0.29, 0.717) is 11.4 Å². The van der Waals surface area contributed by atoms with Crippen LogP contribution in [0.2, 0.25) is 0 Å². The average molecular weight is 221 g/mol. The molecule has 1 heterocycles. The number of hydrogen-bond donors (Lipinski definition) is 3. The van der Waals surface area contributed by atoms with E-state index in [0.717, 1.165) is 0 Å². The highest BCUT2D eigenvalue weighted by atomic mass is 16.5. The Balaban J connectivity index is 2.28. The third-order valence-electron chi connectivity index (χ3n) is 2.08. The van der Waals surface area contributed by atoms with E-state index >= 15 is 0 Å². The molecule has 2 rings (SSSR count). The largest absolute Gasteiger partial charge is 0.508 e. The first-order chi connectivity index (χ1) is 7.70. The smallest absolute Gasteiger partial charge is 0.257 e. The summed E-state index contributed by atoms with van der Waals surface area (Å²) in [4.78, 5) is 3.99. The van der Waals surface area contributed by atoms with E-state index in [2.05, 4.69) is 10.1 Å². The van der Waals surface area contributed by atoms with E-state index in [1.54, 1.807) is 12.1 Å². The van der Waals surface area contributed by atoms with Gasteiger partial charge >= 0.3 is 0 Å². The molecule has 0 amide bonds. The number of phenols is 1. The van der Waals surface area contributed by atoms with Crippen LogP contribution in [0.3, 0.4) is 0 Å². The Morgan fingerprint density at radius 2 is 2.00 bits per heavy atom. The van der Waals surface area contributed by atoms with E-state index in [1.165, 1.54) is 12.1 Å². The van der Waals surface area contributed by atoms with Crippen LogP contribution in [0, 0.1) is 0 Å². The highest BCUT2D eigenvalue weighted by Gasteiger charge is 2.15. The van der Waals surface area contributed by atoms with E-state index in [-0.39, 0.29) is 18.2 Å². The van der Waals surface area contributed by atoms with Gasteiger partial charge in [0.2, 0.25) is 5.82 Å². The fourth-order valence-electron chi connectivity index (χ4n) is 1.20. The number of nitrogens with zero attached hydrogens (tertiary/aromatic N) is 2. The zero-order valence-electron chi connectivity index (χ0n) is 8.37. The number of benzene rings is 1. The van der Waals surface area contributed by atoms with Gasteiger partial charge in [0.1, 0.15) is 11.9 Å². The van der Waals surface area contributed by atoms with E-state index < -0.39 is 6.10 Å². The summed E-state index contributed by atoms with van der Waals surface area (Å²) in [6.45, 7) is 0.0250. The number of aliphatic hydroxyl groups excluding tert-OH is 1. The zero-order chi connectivity index (χ0) is 11.5. The molecule has 0 spiro atoms. The maximum absolute atomic E-state index is 9.37. The van der Waals surface area contributed by atoms with Crippen molar-refractivity contribution in [1.82, 2.24) is 10.1 Å². The molecule has 1 unspecified atom stereocenters. The lowest BCUT2D eigenvalue weighted by molar-refractivity contribution is 0.141. The fourth-order valence-corrected chi connectivity index (χ4v) is 1.20. The van der Waals surface area contributed by atoms with Gasteiger partial charge in [-0.15, -0.1) is 0 Å². The standard InChI is InChI=1S/C10H11N3O3/c11-5-8(15)10-12-9(13-16-10)6-1-3-7(14)4-2-6/h1-4,8,14-15H,5,11H2. The molecule has 0 radical (unpaired) electrons. The maximum Gasteiger partial charge on any atom is 0.257 e. The van der Waals surface area contributed by atoms with Crippen molar-refractivity contribution in [3.05, 3.63) is 30.2 Å². The first kappa shape index (κ1) is 10.6. The van der Waals surface area contributed by atoms with Crippen LogP contribution in [0.25, 0.3) is 11.4 Å². The summed E-state index contributed by atoms with van der Waals surface area (Å²) in [5.74, 6) is 0.600. The molecule has 0 saturated carbocycles. The molecule has 0 bridgehead atoms. The lowest BCUT2D eigenvalue weighted by Gasteiger charge is -1.98. The molecule has 4 N–H and O–H groups in total. The van der Waals surface area contributed by atoms with Gasteiger partial charge in [-0.2, -0.15) is 4.98 Å². The molecule has 0 aliphatic heterocycles. The van der Waals surface area contributed by atoms with Gasteiger partial charge in [-0.25, -0.2) is 0 Å². The number of aromatic hydroxyl groups is 1. The van der Waals surface area contributed by atoms with Gasteiger partial charge in [-0.1, -0.05) is 5.16 Å². The van der Waals surface area contributed by atoms with Crippen LogP contribution in [0.5, 0.6) is 5.75 Å². The number of phenolic OH excluding ortho intramolecular Hbond substituents is 1. The molecule has 6 nitrogen and oxygen atoms in total. The fraction of sp³-hybridized carbons (Fsp3) is 0.200. The van der Waals surface area contributed by atoms with Crippen LogP contribution in [-0.4, -0.2) is 26.9 Å². The molecule has 84 valence electrons. The second-order valence-electron chi connectivity index (χ2n) is 3.25. The van der Waals surface area contributed by atoms with E-state index in [9.17, 15) is 5.11 Å². The summed E-state index contributed by atoms with van der Waals surface area (Å²) in [5, 5.41) is 22.2. The first-order valence-electron chi connectivity index (χ1n) is 4.72. The quantitative estimate of drug-likeness (QED) is 0.694. The molecule has 2 aromatic rings. The Bertz CT molecular complexity index is 466. The Morgan fingerprint density at radius 1 is 1.31 bits per heavy atom. The molecular formula is C10H11N3O3. The molecule has 0 aliphatic rings. The van der Waals surface area contributed by atoms with Gasteiger partial charge in [0, 0.05) is 12.1 Å². The van der Waals surface area contributed by atoms with Crippen LogP contribution in [-0.2, 0) is 0 Å². The predicted molar refractivity (Wildman–Crippen MR) is 55.4 cm³/mol. The summed E-state index contributed by atoms with van der Waals surface area (Å²) >= 11 is 0. The SMILES string of the molecule is NCC(O)c1nc(-c2ccc(O)cc2)no1. The second-order valence-corrected chi connectivity index (χ2v) is 3.25. The van der Waals surface area contributed by atoms with Crippen molar-refractivity contribution in [2.45, 2.75) is 6.10 Å². The Hall–Kier alpha value is -1.92. The van der Waals surface area contributed by atoms with Gasteiger partial charge in [-0.3, -0.25) is 0 Å². The van der Waals surface area contributed by atoms with Crippen LogP contribution >= 0.6 is 0 Å².